The summed E-state index contributed by atoms with van der Waals surface area (Å²) in [5, 5.41) is 0. The largest absolute Gasteiger partial charge is 0.475 e. The molecule has 24 heavy (non-hydrogen) atoms. The van der Waals surface area contributed by atoms with Crippen molar-refractivity contribution in [3.8, 4) is 5.75 Å². The zero-order valence-electron chi connectivity index (χ0n) is 14.7. The van der Waals surface area contributed by atoms with Gasteiger partial charge in [0, 0.05) is 12.6 Å². The van der Waals surface area contributed by atoms with Crippen LogP contribution in [0.5, 0.6) is 5.75 Å². The van der Waals surface area contributed by atoms with Crippen LogP contribution in [0.2, 0.25) is 0 Å². The second kappa shape index (κ2) is 8.89. The predicted molar refractivity (Wildman–Crippen MR) is 100 cm³/mol. The zero-order chi connectivity index (χ0) is 16.6. The van der Waals surface area contributed by atoms with E-state index in [1.807, 2.05) is 6.07 Å². The van der Waals surface area contributed by atoms with Gasteiger partial charge in [-0.2, -0.15) is 0 Å². The van der Waals surface area contributed by atoms with Gasteiger partial charge >= 0.3 is 0 Å². The number of rotatable bonds is 7. The molecule has 2 aromatic rings. The molecule has 1 fully saturated rings. The summed E-state index contributed by atoms with van der Waals surface area (Å²) in [5.41, 5.74) is 1.43. The number of piperidine rings is 1. The van der Waals surface area contributed by atoms with Gasteiger partial charge < -0.3 is 4.74 Å². The van der Waals surface area contributed by atoms with E-state index in [1.54, 1.807) is 0 Å². The van der Waals surface area contributed by atoms with Crippen LogP contribution in [0.4, 0.5) is 0 Å². The number of para-hydroxylation sites is 1. The second-order valence-corrected chi connectivity index (χ2v) is 6.75. The van der Waals surface area contributed by atoms with Crippen LogP contribution in [0.15, 0.2) is 60.7 Å². The summed E-state index contributed by atoms with van der Waals surface area (Å²) in [7, 11) is 0. The van der Waals surface area contributed by atoms with Crippen LogP contribution >= 0.6 is 0 Å². The van der Waals surface area contributed by atoms with Gasteiger partial charge in [0.2, 0.25) is 0 Å². The molecule has 1 saturated heterocycles. The highest BCUT2D eigenvalue weighted by Gasteiger charge is 2.29. The second-order valence-electron chi connectivity index (χ2n) is 6.75. The Labute approximate surface area is 146 Å². The minimum absolute atomic E-state index is 0.186. The van der Waals surface area contributed by atoms with Gasteiger partial charge in [-0.25, -0.2) is 0 Å². The van der Waals surface area contributed by atoms with Gasteiger partial charge in [0.05, 0.1) is 0 Å². The van der Waals surface area contributed by atoms with Gasteiger partial charge in [0.25, 0.3) is 0 Å². The van der Waals surface area contributed by atoms with E-state index >= 15 is 0 Å². The van der Waals surface area contributed by atoms with Crippen molar-refractivity contribution in [1.82, 2.24) is 4.90 Å². The number of hydrogen-bond acceptors (Lipinski definition) is 2. The summed E-state index contributed by atoms with van der Waals surface area (Å²) in [4.78, 5) is 2.62. The molecular formula is C22H29NO. The molecule has 1 aliphatic rings. The quantitative estimate of drug-likeness (QED) is 0.686. The molecule has 0 aromatic heterocycles. The Kier molecular flexibility index (Phi) is 6.31. The Hall–Kier alpha value is -1.80. The van der Waals surface area contributed by atoms with E-state index < -0.39 is 0 Å². The van der Waals surface area contributed by atoms with Crippen LogP contribution in [0.3, 0.4) is 0 Å². The first-order valence-corrected chi connectivity index (χ1v) is 9.38. The Bertz CT molecular complexity index is 583. The van der Waals surface area contributed by atoms with Gasteiger partial charge in [0.15, 0.2) is 6.23 Å². The third-order valence-electron chi connectivity index (χ3n) is 4.91. The molecule has 2 nitrogen and oxygen atoms in total. The van der Waals surface area contributed by atoms with Gasteiger partial charge in [-0.3, -0.25) is 4.90 Å². The van der Waals surface area contributed by atoms with Crippen molar-refractivity contribution in [1.29, 1.82) is 0 Å². The fourth-order valence-electron chi connectivity index (χ4n) is 3.70. The van der Waals surface area contributed by atoms with Crippen molar-refractivity contribution < 1.29 is 4.74 Å². The smallest absolute Gasteiger partial charge is 0.152 e. The maximum atomic E-state index is 6.39. The fraction of sp³-hybridized carbons (Fsp3) is 0.455. The van der Waals surface area contributed by atoms with Gasteiger partial charge in [0.1, 0.15) is 5.75 Å². The minimum Gasteiger partial charge on any atom is -0.475 e. The van der Waals surface area contributed by atoms with E-state index in [4.69, 9.17) is 4.74 Å². The summed E-state index contributed by atoms with van der Waals surface area (Å²) in [5.74, 6) is 0.986. The van der Waals surface area contributed by atoms with Crippen molar-refractivity contribution in [3.05, 3.63) is 66.2 Å². The maximum Gasteiger partial charge on any atom is 0.152 e. The van der Waals surface area contributed by atoms with Crippen molar-refractivity contribution in [2.24, 2.45) is 0 Å². The van der Waals surface area contributed by atoms with Crippen molar-refractivity contribution in [3.63, 3.8) is 0 Å². The lowest BCUT2D eigenvalue weighted by Gasteiger charge is -2.41. The first kappa shape index (κ1) is 17.0. The zero-order valence-corrected chi connectivity index (χ0v) is 14.7. The molecule has 1 heterocycles. The molecule has 2 aromatic carbocycles. The predicted octanol–water partition coefficient (Wildman–Crippen LogP) is 5.29. The summed E-state index contributed by atoms with van der Waals surface area (Å²) >= 11 is 0. The lowest BCUT2D eigenvalue weighted by Crippen LogP contribution is -2.49. The number of ether oxygens (including phenoxy) is 1. The van der Waals surface area contributed by atoms with Crippen LogP contribution < -0.4 is 4.74 Å². The minimum atomic E-state index is 0.186. The average molecular weight is 323 g/mol. The molecule has 0 spiro atoms. The number of nitrogens with zero attached hydrogens (tertiary/aromatic N) is 1. The molecule has 2 heteroatoms. The molecule has 128 valence electrons. The topological polar surface area (TPSA) is 12.5 Å². The Morgan fingerprint density at radius 2 is 1.71 bits per heavy atom. The maximum absolute atomic E-state index is 6.39. The summed E-state index contributed by atoms with van der Waals surface area (Å²) in [6.07, 6.45) is 7.42. The van der Waals surface area contributed by atoms with E-state index in [9.17, 15) is 0 Å². The van der Waals surface area contributed by atoms with Crippen molar-refractivity contribution in [2.75, 3.05) is 6.54 Å². The highest BCUT2D eigenvalue weighted by atomic mass is 16.5. The lowest BCUT2D eigenvalue weighted by atomic mass is 9.95. The van der Waals surface area contributed by atoms with E-state index in [1.165, 1.54) is 24.8 Å². The molecule has 0 saturated carbocycles. The van der Waals surface area contributed by atoms with Crippen LogP contribution in [-0.4, -0.2) is 23.7 Å². The summed E-state index contributed by atoms with van der Waals surface area (Å²) in [6, 6.07) is 21.8. The van der Waals surface area contributed by atoms with E-state index in [-0.39, 0.29) is 6.23 Å². The van der Waals surface area contributed by atoms with Crippen LogP contribution in [-0.2, 0) is 6.42 Å². The van der Waals surface area contributed by atoms with E-state index in [0.717, 1.165) is 31.6 Å². The molecule has 0 aliphatic carbocycles. The average Bonchev–Trinajstić information content (AvgIpc) is 2.64. The van der Waals surface area contributed by atoms with Crippen LogP contribution in [0.25, 0.3) is 0 Å². The normalized spacial score (nSPS) is 19.8. The molecule has 3 rings (SSSR count). The molecule has 0 bridgehead atoms. The Morgan fingerprint density at radius 3 is 2.42 bits per heavy atom. The molecular weight excluding hydrogens is 294 g/mol. The summed E-state index contributed by atoms with van der Waals surface area (Å²) < 4.78 is 6.39. The molecule has 0 amide bonds. The standard InChI is InChI=1S/C22H29NO/c1-2-11-22(24-21-15-7-4-8-16-21)23-17-10-9-14-20(23)18-19-12-5-3-6-13-19/h3-8,12-13,15-16,20,22H,2,9-11,14,17-18H2,1H3. The third kappa shape index (κ3) is 4.61. The molecule has 0 radical (unpaired) electrons. The Morgan fingerprint density at radius 1 is 1.00 bits per heavy atom. The highest BCUT2D eigenvalue weighted by molar-refractivity contribution is 5.21. The molecule has 1 aliphatic heterocycles. The fourth-order valence-corrected chi connectivity index (χ4v) is 3.70. The molecule has 2 atom stereocenters. The first-order valence-electron chi connectivity index (χ1n) is 9.38. The SMILES string of the molecule is CCCC(Oc1ccccc1)N1CCCCC1Cc1ccccc1. The summed E-state index contributed by atoms with van der Waals surface area (Å²) in [6.45, 7) is 3.40. The molecule has 0 N–H and O–H groups in total. The van der Waals surface area contributed by atoms with Gasteiger partial charge in [-0.1, -0.05) is 68.3 Å². The Balaban J connectivity index is 1.73. The van der Waals surface area contributed by atoms with Crippen molar-refractivity contribution in [2.45, 2.75) is 57.7 Å². The monoisotopic (exact) mass is 323 g/mol. The van der Waals surface area contributed by atoms with Gasteiger partial charge in [-0.15, -0.1) is 0 Å². The van der Waals surface area contributed by atoms with Gasteiger partial charge in [-0.05, 0) is 43.4 Å². The lowest BCUT2D eigenvalue weighted by molar-refractivity contribution is -0.0280. The third-order valence-corrected chi connectivity index (χ3v) is 4.91. The first-order chi connectivity index (χ1) is 11.9. The molecule has 2 unspecified atom stereocenters. The van der Waals surface area contributed by atoms with Crippen molar-refractivity contribution >= 4 is 0 Å². The van der Waals surface area contributed by atoms with Crippen LogP contribution in [0, 0.1) is 0 Å². The van der Waals surface area contributed by atoms with Crippen LogP contribution in [0.1, 0.15) is 44.6 Å². The highest BCUT2D eigenvalue weighted by Crippen LogP contribution is 2.26. The number of hydrogen-bond donors (Lipinski definition) is 0. The number of likely N-dealkylation sites (tertiary alicyclic amines) is 1. The van der Waals surface area contributed by atoms with E-state index in [2.05, 4.69) is 66.4 Å². The number of benzene rings is 2. The van der Waals surface area contributed by atoms with E-state index in [0.29, 0.717) is 6.04 Å².